The van der Waals surface area contributed by atoms with Gasteiger partial charge in [-0.15, -0.1) is 0 Å². The first-order chi connectivity index (χ1) is 9.70. The van der Waals surface area contributed by atoms with Gasteiger partial charge in [0.2, 0.25) is 0 Å². The van der Waals surface area contributed by atoms with Crippen LogP contribution in [-0.4, -0.2) is 40.3 Å². The van der Waals surface area contributed by atoms with Crippen molar-refractivity contribution >= 4 is 9.84 Å². The zero-order valence-corrected chi connectivity index (χ0v) is 11.9. The van der Waals surface area contributed by atoms with E-state index in [1.54, 1.807) is 0 Å². The number of benzene rings is 1. The van der Waals surface area contributed by atoms with Gasteiger partial charge in [-0.1, -0.05) is 6.07 Å². The van der Waals surface area contributed by atoms with Crippen molar-refractivity contribution in [2.24, 2.45) is 0 Å². The lowest BCUT2D eigenvalue weighted by Crippen LogP contribution is -2.39. The Morgan fingerprint density at radius 3 is 2.62 bits per heavy atom. The Morgan fingerprint density at radius 2 is 2.10 bits per heavy atom. The second kappa shape index (κ2) is 5.49. The van der Waals surface area contributed by atoms with Crippen molar-refractivity contribution in [2.45, 2.75) is 12.1 Å². The van der Waals surface area contributed by atoms with Crippen molar-refractivity contribution in [3.05, 3.63) is 48.1 Å². The molecule has 0 aliphatic carbocycles. The van der Waals surface area contributed by atoms with Gasteiger partial charge in [-0.25, -0.2) is 26.9 Å². The summed E-state index contributed by atoms with van der Waals surface area (Å²) in [6.07, 6.45) is 3.37. The van der Waals surface area contributed by atoms with E-state index in [0.717, 1.165) is 18.4 Å². The molecule has 1 aromatic heterocycles. The van der Waals surface area contributed by atoms with Gasteiger partial charge in [0.05, 0.1) is 12.3 Å². The molecule has 0 aliphatic heterocycles. The molecule has 9 heteroatoms. The molecule has 1 aromatic carbocycles. The van der Waals surface area contributed by atoms with E-state index in [2.05, 4.69) is 10.1 Å². The second-order valence-electron chi connectivity index (χ2n) is 4.82. The molecule has 0 saturated heterocycles. The summed E-state index contributed by atoms with van der Waals surface area (Å²) in [6, 6.07) is 2.56. The minimum Gasteiger partial charge on any atom is -0.382 e. The van der Waals surface area contributed by atoms with E-state index in [1.165, 1.54) is 17.3 Å². The van der Waals surface area contributed by atoms with Crippen LogP contribution >= 0.6 is 0 Å². The smallest absolute Gasteiger partial charge is 0.150 e. The van der Waals surface area contributed by atoms with Gasteiger partial charge < -0.3 is 5.11 Å². The Labute approximate surface area is 120 Å². The van der Waals surface area contributed by atoms with E-state index in [0.29, 0.717) is 6.07 Å². The van der Waals surface area contributed by atoms with Gasteiger partial charge in [0, 0.05) is 17.9 Å². The molecular weight excluding hydrogens is 304 g/mol. The molecule has 0 aliphatic rings. The predicted octanol–water partition coefficient (Wildman–Crippen LogP) is 0.489. The van der Waals surface area contributed by atoms with Crippen LogP contribution in [0.5, 0.6) is 0 Å². The molecule has 1 heterocycles. The molecule has 0 saturated carbocycles. The highest BCUT2D eigenvalue weighted by molar-refractivity contribution is 7.90. The van der Waals surface area contributed by atoms with Crippen molar-refractivity contribution in [1.82, 2.24) is 14.8 Å². The first-order valence-electron chi connectivity index (χ1n) is 5.88. The van der Waals surface area contributed by atoms with Crippen LogP contribution in [0.2, 0.25) is 0 Å². The number of nitrogens with zero attached hydrogens (tertiary/aromatic N) is 3. The van der Waals surface area contributed by atoms with Crippen LogP contribution in [0.25, 0.3) is 0 Å². The standard InChI is InChI=1S/C12H13F2N3O3S/c1-21(19,20)6-12(18,5-17-8-15-7-16-17)10-3-2-9(13)4-11(10)14/h2-4,7-8,18H,5-6H2,1H3/t12-/m1/s1. The van der Waals surface area contributed by atoms with Crippen LogP contribution in [0.3, 0.4) is 0 Å². The van der Waals surface area contributed by atoms with Crippen LogP contribution in [0, 0.1) is 11.6 Å². The zero-order valence-electron chi connectivity index (χ0n) is 11.1. The number of hydrogen-bond donors (Lipinski definition) is 1. The maximum Gasteiger partial charge on any atom is 0.150 e. The Bertz CT molecular complexity index is 734. The highest BCUT2D eigenvalue weighted by Crippen LogP contribution is 2.28. The maximum atomic E-state index is 13.9. The summed E-state index contributed by atoms with van der Waals surface area (Å²) in [5.41, 5.74) is -2.40. The summed E-state index contributed by atoms with van der Waals surface area (Å²) in [7, 11) is -3.63. The molecule has 0 bridgehead atoms. The van der Waals surface area contributed by atoms with E-state index in [4.69, 9.17) is 0 Å². The molecule has 6 nitrogen and oxygen atoms in total. The minimum absolute atomic E-state index is 0.315. The molecule has 0 spiro atoms. The lowest BCUT2D eigenvalue weighted by molar-refractivity contribution is 0.0344. The van der Waals surface area contributed by atoms with Gasteiger partial charge >= 0.3 is 0 Å². The van der Waals surface area contributed by atoms with Crippen LogP contribution in [0.15, 0.2) is 30.9 Å². The van der Waals surface area contributed by atoms with Gasteiger partial charge in [-0.3, -0.25) is 0 Å². The van der Waals surface area contributed by atoms with Gasteiger partial charge in [-0.2, -0.15) is 5.10 Å². The Hall–Kier alpha value is -1.87. The fraction of sp³-hybridized carbons (Fsp3) is 0.333. The Balaban J connectivity index is 2.48. The van der Waals surface area contributed by atoms with Gasteiger partial charge in [0.25, 0.3) is 0 Å². The number of hydrogen-bond acceptors (Lipinski definition) is 5. The van der Waals surface area contributed by atoms with Crippen molar-refractivity contribution < 1.29 is 22.3 Å². The third-order valence-corrected chi connectivity index (χ3v) is 3.83. The fourth-order valence-corrected chi connectivity index (χ4v) is 3.21. The summed E-state index contributed by atoms with van der Waals surface area (Å²) in [6.45, 7) is -0.331. The monoisotopic (exact) mass is 317 g/mol. The summed E-state index contributed by atoms with van der Waals surface area (Å²) >= 11 is 0. The van der Waals surface area contributed by atoms with Gasteiger partial charge in [0.15, 0.2) is 9.84 Å². The summed E-state index contributed by atoms with van der Waals surface area (Å²) in [5.74, 6) is -2.58. The average molecular weight is 317 g/mol. The second-order valence-corrected chi connectivity index (χ2v) is 6.96. The molecular formula is C12H13F2N3O3S. The van der Waals surface area contributed by atoms with Gasteiger partial charge in [-0.05, 0) is 6.07 Å². The maximum absolute atomic E-state index is 13.9. The van der Waals surface area contributed by atoms with E-state index in [9.17, 15) is 22.3 Å². The lowest BCUT2D eigenvalue weighted by atomic mass is 9.95. The van der Waals surface area contributed by atoms with E-state index in [1.807, 2.05) is 0 Å². The molecule has 0 amide bonds. The SMILES string of the molecule is CS(=O)(=O)C[C@](O)(Cn1cncn1)c1ccc(F)cc1F. The molecule has 0 unspecified atom stereocenters. The predicted molar refractivity (Wildman–Crippen MR) is 70.0 cm³/mol. The van der Waals surface area contributed by atoms with E-state index < -0.39 is 32.8 Å². The number of aromatic nitrogens is 3. The highest BCUT2D eigenvalue weighted by Gasteiger charge is 2.37. The fourth-order valence-electron chi connectivity index (χ4n) is 2.09. The van der Waals surface area contributed by atoms with Crippen LogP contribution < -0.4 is 0 Å². The van der Waals surface area contributed by atoms with Crippen molar-refractivity contribution in [2.75, 3.05) is 12.0 Å². The summed E-state index contributed by atoms with van der Waals surface area (Å²) in [5, 5.41) is 14.4. The minimum atomic E-state index is -3.63. The highest BCUT2D eigenvalue weighted by atomic mass is 32.2. The molecule has 0 fully saturated rings. The van der Waals surface area contributed by atoms with Crippen LogP contribution in [0.4, 0.5) is 8.78 Å². The molecule has 2 aromatic rings. The topological polar surface area (TPSA) is 85.1 Å². The molecule has 21 heavy (non-hydrogen) atoms. The van der Waals surface area contributed by atoms with E-state index >= 15 is 0 Å². The van der Waals surface area contributed by atoms with Crippen molar-refractivity contribution in [3.8, 4) is 0 Å². The molecule has 1 N–H and O–H groups in total. The first-order valence-corrected chi connectivity index (χ1v) is 7.94. The average Bonchev–Trinajstić information content (AvgIpc) is 2.78. The lowest BCUT2D eigenvalue weighted by Gasteiger charge is -2.28. The third kappa shape index (κ3) is 3.82. The Morgan fingerprint density at radius 1 is 1.38 bits per heavy atom. The first kappa shape index (κ1) is 15.5. The molecule has 2 rings (SSSR count). The Kier molecular flexibility index (Phi) is 4.06. The normalized spacial score (nSPS) is 14.9. The van der Waals surface area contributed by atoms with Gasteiger partial charge in [0.1, 0.15) is 29.9 Å². The summed E-state index contributed by atoms with van der Waals surface area (Å²) in [4.78, 5) is 3.67. The van der Waals surface area contributed by atoms with E-state index in [-0.39, 0.29) is 12.1 Å². The molecule has 0 radical (unpaired) electrons. The number of sulfone groups is 1. The number of aliphatic hydroxyl groups is 1. The summed E-state index contributed by atoms with van der Waals surface area (Å²) < 4.78 is 51.1. The molecule has 114 valence electrons. The third-order valence-electron chi connectivity index (χ3n) is 2.82. The van der Waals surface area contributed by atoms with Crippen LogP contribution in [0.1, 0.15) is 5.56 Å². The molecule has 1 atom stereocenters. The quantitative estimate of drug-likeness (QED) is 0.867. The largest absolute Gasteiger partial charge is 0.382 e. The number of halogens is 2. The van der Waals surface area contributed by atoms with Crippen LogP contribution in [-0.2, 0) is 22.0 Å². The number of rotatable bonds is 5. The van der Waals surface area contributed by atoms with Crippen molar-refractivity contribution in [1.29, 1.82) is 0 Å². The van der Waals surface area contributed by atoms with Crippen molar-refractivity contribution in [3.63, 3.8) is 0 Å². The zero-order chi connectivity index (χ0) is 15.7.